The lowest BCUT2D eigenvalue weighted by Crippen LogP contribution is -2.61. The number of hydrogen-bond donors (Lipinski definition) is 0. The van der Waals surface area contributed by atoms with Crippen LogP contribution in [0.5, 0.6) is 0 Å². The summed E-state index contributed by atoms with van der Waals surface area (Å²) in [5, 5.41) is 0.715. The smallest absolute Gasteiger partial charge is 0.252 e. The van der Waals surface area contributed by atoms with Crippen LogP contribution >= 0.6 is 11.6 Å². The van der Waals surface area contributed by atoms with E-state index in [4.69, 9.17) is 11.6 Å². The Morgan fingerprint density at radius 1 is 0.216 bits per heavy atom. The Bertz CT molecular complexity index is 6640. The minimum Gasteiger partial charge on any atom is -0.311 e. The summed E-state index contributed by atoms with van der Waals surface area (Å²) < 4.78 is 0. The highest BCUT2D eigenvalue weighted by Gasteiger charge is 2.55. The summed E-state index contributed by atoms with van der Waals surface area (Å²) >= 11 is 8.20. The number of halogens is 1. The molecule has 28 rings (SSSR count). The minimum atomic E-state index is 0.00687. The Kier molecular flexibility index (Phi) is 20.8. The molecule has 0 saturated heterocycles. The normalized spacial score (nSPS) is 19.9. The molecule has 8 bridgehead atoms. The fraction of sp³-hybridized carbons (Fsp3) is 0.156. The van der Waals surface area contributed by atoms with Gasteiger partial charge in [0, 0.05) is 56.9 Å². The van der Waals surface area contributed by atoms with Crippen molar-refractivity contribution in [2.45, 2.75) is 87.9 Å². The van der Waals surface area contributed by atoms with Crippen LogP contribution in [0.3, 0.4) is 0 Å². The second-order valence-electron chi connectivity index (χ2n) is 39.7. The van der Waals surface area contributed by atoms with Gasteiger partial charge in [-0.1, -0.05) is 351 Å². The van der Waals surface area contributed by atoms with Crippen molar-refractivity contribution in [3.05, 3.63) is 465 Å². The van der Waals surface area contributed by atoms with Crippen LogP contribution in [0.2, 0.25) is 5.02 Å². The van der Waals surface area contributed by atoms with Crippen molar-refractivity contribution >= 4 is 103 Å². The first-order valence-electron chi connectivity index (χ1n) is 48.7. The van der Waals surface area contributed by atoms with Crippen LogP contribution < -0.4 is 36.0 Å². The number of nitrogens with zero attached hydrogens (tertiary/aromatic N) is 4. The van der Waals surface area contributed by atoms with Gasteiger partial charge in [-0.05, 0) is 349 Å². The van der Waals surface area contributed by atoms with E-state index in [-0.39, 0.29) is 17.5 Å². The Labute approximate surface area is 794 Å². The molecule has 0 N–H and O–H groups in total. The van der Waals surface area contributed by atoms with Gasteiger partial charge in [0.1, 0.15) is 0 Å². The summed E-state index contributed by atoms with van der Waals surface area (Å²) in [4.78, 5) is 10.1. The van der Waals surface area contributed by atoms with Gasteiger partial charge in [-0.25, -0.2) is 0 Å². The van der Waals surface area contributed by atoms with E-state index >= 15 is 0 Å². The topological polar surface area (TPSA) is 13.0 Å². The zero-order chi connectivity index (χ0) is 88.8. The molecule has 0 spiro atoms. The van der Waals surface area contributed by atoms with Gasteiger partial charge in [-0.2, -0.15) is 0 Å². The first kappa shape index (κ1) is 81.5. The van der Waals surface area contributed by atoms with Crippen LogP contribution in [-0.4, -0.2) is 6.71 Å². The minimum absolute atomic E-state index is 0.00687. The van der Waals surface area contributed by atoms with Crippen molar-refractivity contribution in [3.63, 3.8) is 0 Å². The molecule has 646 valence electrons. The van der Waals surface area contributed by atoms with Crippen molar-refractivity contribution in [1.29, 1.82) is 0 Å². The van der Waals surface area contributed by atoms with Crippen LogP contribution in [-0.2, 0) is 10.8 Å². The van der Waals surface area contributed by atoms with Crippen LogP contribution in [0, 0.1) is 35.5 Å². The van der Waals surface area contributed by atoms with E-state index in [0.717, 1.165) is 69.6 Å². The third kappa shape index (κ3) is 15.1. The van der Waals surface area contributed by atoms with E-state index in [0.29, 0.717) is 5.02 Å². The Morgan fingerprint density at radius 2 is 0.425 bits per heavy atom. The molecular weight excluding hydrogens is 1640 g/mol. The number of hydrogen-bond acceptors (Lipinski definition) is 4. The van der Waals surface area contributed by atoms with E-state index in [9.17, 15) is 0 Å². The van der Waals surface area contributed by atoms with Crippen molar-refractivity contribution in [2.24, 2.45) is 35.5 Å². The average Bonchev–Trinajstić information content (AvgIpc) is 0.684. The molecule has 6 heteroatoms. The molecule has 134 heavy (non-hydrogen) atoms. The first-order valence-corrected chi connectivity index (χ1v) is 49.1. The summed E-state index contributed by atoms with van der Waals surface area (Å²) in [6.07, 6.45) is 16.1. The highest BCUT2D eigenvalue weighted by Crippen LogP contribution is 2.65. The fourth-order valence-corrected chi connectivity index (χ4v) is 26.4. The molecule has 8 aliphatic carbocycles. The maximum absolute atomic E-state index is 8.20. The third-order valence-electron chi connectivity index (χ3n) is 31.5. The molecule has 0 amide bonds. The quantitative estimate of drug-likeness (QED) is 0.0794. The largest absolute Gasteiger partial charge is 0.311 e. The molecule has 0 radical (unpaired) electrons. The van der Waals surface area contributed by atoms with Gasteiger partial charge in [0.05, 0.1) is 16.4 Å². The molecule has 0 atom stereocenters. The second kappa shape index (κ2) is 34.3. The molecule has 18 aromatic carbocycles. The van der Waals surface area contributed by atoms with E-state index < -0.39 is 0 Å². The molecule has 2 aliphatic heterocycles. The molecule has 8 saturated carbocycles. The van der Waals surface area contributed by atoms with E-state index in [1.165, 1.54) is 222 Å². The fourth-order valence-electron chi connectivity index (χ4n) is 26.1. The van der Waals surface area contributed by atoms with Crippen LogP contribution in [0.25, 0.3) is 89.0 Å². The molecular formula is C128H104BClN4. The Hall–Kier alpha value is -14.5. The number of benzene rings is 18. The molecule has 4 nitrogen and oxygen atoms in total. The first-order chi connectivity index (χ1) is 66.2. The molecule has 8 fully saturated rings. The molecule has 0 unspecified atom stereocenters. The molecule has 18 aromatic rings. The van der Waals surface area contributed by atoms with Crippen molar-refractivity contribution in [2.75, 3.05) is 19.6 Å². The van der Waals surface area contributed by atoms with Gasteiger partial charge in [0.15, 0.2) is 0 Å². The summed E-state index contributed by atoms with van der Waals surface area (Å²) in [6, 6.07) is 166. The second-order valence-corrected chi connectivity index (χ2v) is 40.1. The predicted molar refractivity (Wildman–Crippen MR) is 564 cm³/mol. The maximum Gasteiger partial charge on any atom is 0.252 e. The predicted octanol–water partition coefficient (Wildman–Crippen LogP) is 33.3. The van der Waals surface area contributed by atoms with Gasteiger partial charge >= 0.3 is 0 Å². The molecule has 2 heterocycles. The average molecular weight is 1740 g/mol. The van der Waals surface area contributed by atoms with Gasteiger partial charge in [0.2, 0.25) is 0 Å². The van der Waals surface area contributed by atoms with Crippen LogP contribution in [0.4, 0.5) is 68.2 Å². The lowest BCUT2D eigenvalue weighted by molar-refractivity contribution is -0.00526. The summed E-state index contributed by atoms with van der Waals surface area (Å²) in [5.74, 6) is 4.87. The highest BCUT2D eigenvalue weighted by atomic mass is 35.5. The van der Waals surface area contributed by atoms with E-state index in [1.807, 2.05) is 0 Å². The van der Waals surface area contributed by atoms with Crippen molar-refractivity contribution < 1.29 is 0 Å². The molecule has 0 aromatic heterocycles. The van der Waals surface area contributed by atoms with Crippen LogP contribution in [0.15, 0.2) is 449 Å². The summed E-state index contributed by atoms with van der Waals surface area (Å²) in [6.45, 7) is 0.00687. The van der Waals surface area contributed by atoms with Gasteiger partial charge < -0.3 is 19.6 Å². The van der Waals surface area contributed by atoms with Crippen molar-refractivity contribution in [1.82, 2.24) is 0 Å². The summed E-state index contributed by atoms with van der Waals surface area (Å²) in [5.41, 5.74) is 40.6. The van der Waals surface area contributed by atoms with E-state index in [1.54, 1.807) is 5.56 Å². The zero-order valence-electron chi connectivity index (χ0n) is 75.4. The van der Waals surface area contributed by atoms with Crippen LogP contribution in [0.1, 0.15) is 88.2 Å². The highest BCUT2D eigenvalue weighted by molar-refractivity contribution is 7.00. The monoisotopic (exact) mass is 1740 g/mol. The number of rotatable bonds is 18. The lowest BCUT2D eigenvalue weighted by Gasteiger charge is -2.57. The Balaban J connectivity index is 0.000000143. The van der Waals surface area contributed by atoms with Gasteiger partial charge in [0.25, 0.3) is 6.71 Å². The number of fused-ring (bicyclic) bond motifs is 4. The third-order valence-corrected chi connectivity index (χ3v) is 31.9. The SMILES string of the molecule is Clc1c(N(c2ccc(-c3ccccc3)cc2)c2ccc(-c3ccccc3)cc2)cc(C23CC4CC(CC(C4)C2)C3)cc1N(c1ccc(-c2ccccc2)cc1)c1ccc(-c2ccccc2)cc1.c1ccc(-c2ccc(N3c4ccc(-c5ccccc5)cc4B4c5cc(-c6ccccc6)ccc5N(c5ccc(-c6ccccc6)cc5)c5cc(C67CC8CC(CC(C8)C6)C7)cc3c54)cc2)cc1. The standard InChI is InChI=1S/C64H51BN2.C64H53ClN2/c1-5-13-46(14-6-1)50-21-27-55(28-22-50)66-59-31-25-52(48-17-9-3-10-18-48)36-57(59)65-58-37-53(49-19-11-4-12-20-49)26-32-60(58)67(56-29-23-51(24-30-56)47-15-7-2-8-16-47)62-39-54(38-61(66)63(62)65)64-40-43-33-44(41-64)35-45(34-43)42-64;65-63-61(66(57-29-21-52(22-30-57)48-13-5-1-6-14-48)58-31-23-53(24-32-58)49-15-7-2-8-16-49)40-56(64-42-45-37-46(43-64)39-47(38-45)44-64)41-62(63)67(59-33-25-54(26-34-59)50-17-9-3-10-18-50)60-35-27-55(28-36-60)51-19-11-4-12-20-51/h1-32,36-39,43-45H,33-35,40-42H2;1-36,40-41,45-47H,37-39,42-44H2. The maximum atomic E-state index is 8.20. The van der Waals surface area contributed by atoms with Gasteiger partial charge in [-0.3, -0.25) is 0 Å². The van der Waals surface area contributed by atoms with E-state index in [2.05, 4.69) is 469 Å². The van der Waals surface area contributed by atoms with Crippen molar-refractivity contribution in [3.8, 4) is 89.0 Å². The van der Waals surface area contributed by atoms with Gasteiger partial charge in [-0.15, -0.1) is 0 Å². The lowest BCUT2D eigenvalue weighted by atomic mass is 9.33. The Morgan fingerprint density at radius 3 is 0.672 bits per heavy atom. The zero-order valence-corrected chi connectivity index (χ0v) is 76.2. The summed E-state index contributed by atoms with van der Waals surface area (Å²) in [7, 11) is 0. The number of anilines is 12. The molecule has 10 aliphatic rings.